The Bertz CT molecular complexity index is 189. The van der Waals surface area contributed by atoms with Gasteiger partial charge in [-0.1, -0.05) is 27.7 Å². The number of carbonyl (C=O) groups is 1. The maximum atomic E-state index is 10.7. The van der Waals surface area contributed by atoms with E-state index in [1.807, 2.05) is 13.8 Å². The zero-order valence-electron chi connectivity index (χ0n) is 12.7. The van der Waals surface area contributed by atoms with E-state index >= 15 is 0 Å². The quantitative estimate of drug-likeness (QED) is 0.746. The van der Waals surface area contributed by atoms with Crippen molar-refractivity contribution in [2.24, 2.45) is 5.92 Å². The molecule has 3 nitrogen and oxygen atoms in total. The number of nitrogens with one attached hydrogen (secondary N) is 1. The fourth-order valence-electron chi connectivity index (χ4n) is 1.18. The van der Waals surface area contributed by atoms with E-state index in [4.69, 9.17) is 4.74 Å². The van der Waals surface area contributed by atoms with Crippen LogP contribution in [0.2, 0.25) is 0 Å². The van der Waals surface area contributed by atoms with Crippen LogP contribution < -0.4 is 5.32 Å². The fourth-order valence-corrected chi connectivity index (χ4v) is 1.18. The van der Waals surface area contributed by atoms with Crippen LogP contribution in [0, 0.1) is 5.92 Å². The lowest BCUT2D eigenvalue weighted by Crippen LogP contribution is -2.32. The van der Waals surface area contributed by atoms with Crippen molar-refractivity contribution >= 4 is 5.91 Å². The van der Waals surface area contributed by atoms with E-state index < -0.39 is 0 Å². The zero-order chi connectivity index (χ0) is 13.9. The minimum atomic E-state index is -0.142. The first-order valence-electron chi connectivity index (χ1n) is 6.72. The molecule has 0 aliphatic carbocycles. The highest BCUT2D eigenvalue weighted by molar-refractivity contribution is 5.72. The molecule has 0 aliphatic rings. The van der Waals surface area contributed by atoms with Gasteiger partial charge in [-0.25, -0.2) is 0 Å². The Morgan fingerprint density at radius 2 is 1.82 bits per heavy atom. The van der Waals surface area contributed by atoms with Gasteiger partial charge in [0.1, 0.15) is 0 Å². The summed E-state index contributed by atoms with van der Waals surface area (Å²) in [5.74, 6) is 0.698. The lowest BCUT2D eigenvalue weighted by Gasteiger charge is -2.25. The Balaban J connectivity index is 0. The van der Waals surface area contributed by atoms with Crippen molar-refractivity contribution in [3.8, 4) is 0 Å². The van der Waals surface area contributed by atoms with Crippen LogP contribution in [0.1, 0.15) is 61.3 Å². The standard InChI is InChI=1S/C12H25NO2.C2H6/c1-10(2)6-9-15-12(4,5)7-8-13-11(3)14;1-2/h10H,6-9H2,1-5H3,(H,13,14);1-2H3. The molecular formula is C14H31NO2. The summed E-state index contributed by atoms with van der Waals surface area (Å²) >= 11 is 0. The number of ether oxygens (including phenoxy) is 1. The van der Waals surface area contributed by atoms with Crippen LogP contribution in [-0.2, 0) is 9.53 Å². The van der Waals surface area contributed by atoms with Crippen molar-refractivity contribution < 1.29 is 9.53 Å². The van der Waals surface area contributed by atoms with Gasteiger partial charge >= 0.3 is 0 Å². The molecule has 3 heteroatoms. The highest BCUT2D eigenvalue weighted by atomic mass is 16.5. The number of hydrogen-bond donors (Lipinski definition) is 1. The molecule has 104 valence electrons. The molecule has 1 amide bonds. The summed E-state index contributed by atoms with van der Waals surface area (Å²) in [5, 5.41) is 2.78. The summed E-state index contributed by atoms with van der Waals surface area (Å²) in [4.78, 5) is 10.7. The van der Waals surface area contributed by atoms with E-state index in [0.717, 1.165) is 19.4 Å². The average molecular weight is 245 g/mol. The van der Waals surface area contributed by atoms with Crippen LogP contribution in [0.4, 0.5) is 0 Å². The largest absolute Gasteiger partial charge is 0.375 e. The SMILES string of the molecule is CC.CC(=O)NCCC(C)(C)OCCC(C)C. The van der Waals surface area contributed by atoms with Gasteiger partial charge in [-0.05, 0) is 32.6 Å². The molecule has 0 fully saturated rings. The summed E-state index contributed by atoms with van der Waals surface area (Å²) in [6.45, 7) is 15.5. The second-order valence-corrected chi connectivity index (χ2v) is 5.02. The molecule has 0 heterocycles. The van der Waals surface area contributed by atoms with Gasteiger partial charge in [0.15, 0.2) is 0 Å². The molecule has 0 spiro atoms. The van der Waals surface area contributed by atoms with Crippen LogP contribution in [0.25, 0.3) is 0 Å². The molecule has 0 saturated carbocycles. The predicted octanol–water partition coefficient (Wildman–Crippen LogP) is 3.38. The van der Waals surface area contributed by atoms with Crippen LogP contribution in [-0.4, -0.2) is 24.7 Å². The molecule has 0 rings (SSSR count). The molecule has 0 aromatic rings. The van der Waals surface area contributed by atoms with Gasteiger partial charge in [-0.15, -0.1) is 0 Å². The zero-order valence-corrected chi connectivity index (χ0v) is 12.7. The molecule has 0 aliphatic heterocycles. The second-order valence-electron chi connectivity index (χ2n) is 5.02. The third kappa shape index (κ3) is 15.4. The van der Waals surface area contributed by atoms with Gasteiger partial charge in [0, 0.05) is 20.1 Å². The smallest absolute Gasteiger partial charge is 0.216 e. The Hall–Kier alpha value is -0.570. The molecule has 0 aromatic carbocycles. The first-order valence-corrected chi connectivity index (χ1v) is 6.72. The van der Waals surface area contributed by atoms with Gasteiger partial charge < -0.3 is 10.1 Å². The van der Waals surface area contributed by atoms with Crippen LogP contribution >= 0.6 is 0 Å². The first kappa shape index (κ1) is 18.8. The molecule has 17 heavy (non-hydrogen) atoms. The lowest BCUT2D eigenvalue weighted by molar-refractivity contribution is -0.119. The minimum absolute atomic E-state index is 0.0213. The van der Waals surface area contributed by atoms with Gasteiger partial charge in [0.2, 0.25) is 5.91 Å². The van der Waals surface area contributed by atoms with E-state index in [9.17, 15) is 4.79 Å². The molecular weight excluding hydrogens is 214 g/mol. The molecule has 0 atom stereocenters. The van der Waals surface area contributed by atoms with Crippen molar-refractivity contribution in [3.63, 3.8) is 0 Å². The average Bonchev–Trinajstić information content (AvgIpc) is 2.18. The van der Waals surface area contributed by atoms with Crippen LogP contribution in [0.5, 0.6) is 0 Å². The Morgan fingerprint density at radius 3 is 2.24 bits per heavy atom. The summed E-state index contributed by atoms with van der Waals surface area (Å²) in [6, 6.07) is 0. The van der Waals surface area contributed by atoms with E-state index in [-0.39, 0.29) is 11.5 Å². The van der Waals surface area contributed by atoms with E-state index in [1.165, 1.54) is 6.92 Å². The van der Waals surface area contributed by atoms with Crippen molar-refractivity contribution in [3.05, 3.63) is 0 Å². The number of carbonyl (C=O) groups excluding carboxylic acids is 1. The number of hydrogen-bond acceptors (Lipinski definition) is 2. The van der Waals surface area contributed by atoms with Crippen LogP contribution in [0.3, 0.4) is 0 Å². The van der Waals surface area contributed by atoms with E-state index in [0.29, 0.717) is 12.5 Å². The topological polar surface area (TPSA) is 38.3 Å². The molecule has 0 saturated heterocycles. The van der Waals surface area contributed by atoms with E-state index in [2.05, 4.69) is 33.0 Å². The van der Waals surface area contributed by atoms with Crippen molar-refractivity contribution in [1.29, 1.82) is 0 Å². The number of amides is 1. The lowest BCUT2D eigenvalue weighted by atomic mass is 10.0. The summed E-state index contributed by atoms with van der Waals surface area (Å²) in [5.41, 5.74) is -0.142. The monoisotopic (exact) mass is 245 g/mol. The normalized spacial score (nSPS) is 10.8. The van der Waals surface area contributed by atoms with Gasteiger partial charge in [-0.2, -0.15) is 0 Å². The molecule has 0 bridgehead atoms. The van der Waals surface area contributed by atoms with Gasteiger partial charge in [0.25, 0.3) is 0 Å². The van der Waals surface area contributed by atoms with Gasteiger partial charge in [0.05, 0.1) is 5.60 Å². The summed E-state index contributed by atoms with van der Waals surface area (Å²) < 4.78 is 5.77. The Morgan fingerprint density at radius 1 is 1.29 bits per heavy atom. The summed E-state index contributed by atoms with van der Waals surface area (Å²) in [7, 11) is 0. The highest BCUT2D eigenvalue weighted by Gasteiger charge is 2.17. The third-order valence-electron chi connectivity index (χ3n) is 2.29. The van der Waals surface area contributed by atoms with Crippen molar-refractivity contribution in [2.75, 3.05) is 13.2 Å². The van der Waals surface area contributed by atoms with Crippen LogP contribution in [0.15, 0.2) is 0 Å². The first-order chi connectivity index (χ1) is 7.83. The second kappa shape index (κ2) is 10.6. The minimum Gasteiger partial charge on any atom is -0.375 e. The van der Waals surface area contributed by atoms with Crippen molar-refractivity contribution in [1.82, 2.24) is 5.32 Å². The fraction of sp³-hybridized carbons (Fsp3) is 0.929. The maximum Gasteiger partial charge on any atom is 0.216 e. The molecule has 0 aromatic heterocycles. The Labute approximate surface area is 107 Å². The molecule has 0 radical (unpaired) electrons. The predicted molar refractivity (Wildman–Crippen MR) is 74.1 cm³/mol. The summed E-state index contributed by atoms with van der Waals surface area (Å²) in [6.07, 6.45) is 1.94. The third-order valence-corrected chi connectivity index (χ3v) is 2.29. The molecule has 1 N–H and O–H groups in total. The van der Waals surface area contributed by atoms with Gasteiger partial charge in [-0.3, -0.25) is 4.79 Å². The van der Waals surface area contributed by atoms with Crippen molar-refractivity contribution in [2.45, 2.75) is 66.9 Å². The number of rotatable bonds is 7. The highest BCUT2D eigenvalue weighted by Crippen LogP contribution is 2.15. The Kier molecular flexibility index (Phi) is 11.7. The molecule has 0 unspecified atom stereocenters. The maximum absolute atomic E-state index is 10.7. The van der Waals surface area contributed by atoms with E-state index in [1.54, 1.807) is 0 Å².